The van der Waals surface area contributed by atoms with Gasteiger partial charge in [-0.1, -0.05) is 12.1 Å². The molecule has 0 spiro atoms. The van der Waals surface area contributed by atoms with Crippen molar-refractivity contribution in [3.8, 4) is 11.5 Å². The Balaban J connectivity index is 1.70. The van der Waals surface area contributed by atoms with Crippen LogP contribution in [0.2, 0.25) is 0 Å². The van der Waals surface area contributed by atoms with Gasteiger partial charge in [-0.25, -0.2) is 0 Å². The molecule has 0 aliphatic carbocycles. The van der Waals surface area contributed by atoms with Crippen molar-refractivity contribution in [1.82, 2.24) is 15.5 Å². The molecule has 0 bridgehead atoms. The van der Waals surface area contributed by atoms with Crippen LogP contribution in [0.3, 0.4) is 0 Å². The van der Waals surface area contributed by atoms with Crippen LogP contribution in [0.1, 0.15) is 20.8 Å². The first-order valence-corrected chi connectivity index (χ1v) is 8.38. The monoisotopic (exact) mass is 349 g/mol. The van der Waals surface area contributed by atoms with Crippen LogP contribution in [-0.4, -0.2) is 61.6 Å². The third-order valence-electron chi connectivity index (χ3n) is 3.44. The van der Waals surface area contributed by atoms with Gasteiger partial charge in [0.2, 0.25) is 11.8 Å². The summed E-state index contributed by atoms with van der Waals surface area (Å²) in [6, 6.07) is 7.45. The molecular formula is C18H27N3O4. The fourth-order valence-corrected chi connectivity index (χ4v) is 2.45. The van der Waals surface area contributed by atoms with E-state index in [2.05, 4.69) is 10.6 Å². The van der Waals surface area contributed by atoms with Crippen molar-refractivity contribution in [2.75, 3.05) is 33.3 Å². The van der Waals surface area contributed by atoms with Crippen LogP contribution in [0, 0.1) is 0 Å². The molecule has 0 unspecified atom stereocenters. The summed E-state index contributed by atoms with van der Waals surface area (Å²) in [5.74, 6) is 1.13. The normalized spacial score (nSPS) is 16.4. The summed E-state index contributed by atoms with van der Waals surface area (Å²) in [6.07, 6.45) is -0.228. The highest BCUT2D eigenvalue weighted by atomic mass is 16.6. The van der Waals surface area contributed by atoms with Gasteiger partial charge < -0.3 is 20.1 Å². The van der Waals surface area contributed by atoms with Crippen molar-refractivity contribution in [2.24, 2.45) is 0 Å². The first kappa shape index (κ1) is 19.1. The molecule has 0 saturated heterocycles. The van der Waals surface area contributed by atoms with Crippen LogP contribution in [0.15, 0.2) is 24.3 Å². The zero-order chi connectivity index (χ0) is 18.4. The molecule has 1 atom stereocenters. The van der Waals surface area contributed by atoms with E-state index in [1.807, 2.05) is 45.0 Å². The van der Waals surface area contributed by atoms with Gasteiger partial charge in [0.1, 0.15) is 12.7 Å². The van der Waals surface area contributed by atoms with Gasteiger partial charge in [-0.05, 0) is 40.0 Å². The molecule has 2 amide bonds. The molecule has 0 saturated carbocycles. The van der Waals surface area contributed by atoms with Crippen LogP contribution in [0.4, 0.5) is 0 Å². The van der Waals surface area contributed by atoms with E-state index in [9.17, 15) is 9.59 Å². The minimum atomic E-state index is -0.283. The van der Waals surface area contributed by atoms with Gasteiger partial charge in [0.05, 0.1) is 19.6 Å². The number of nitrogens with zero attached hydrogens (tertiary/aromatic N) is 1. The second-order valence-corrected chi connectivity index (χ2v) is 7.27. The largest absolute Gasteiger partial charge is 0.486 e. The highest BCUT2D eigenvalue weighted by Crippen LogP contribution is 2.30. The summed E-state index contributed by atoms with van der Waals surface area (Å²) < 4.78 is 11.4. The second-order valence-electron chi connectivity index (χ2n) is 7.27. The van der Waals surface area contributed by atoms with Crippen molar-refractivity contribution in [3.63, 3.8) is 0 Å². The molecule has 0 aromatic heterocycles. The predicted molar refractivity (Wildman–Crippen MR) is 94.8 cm³/mol. The van der Waals surface area contributed by atoms with E-state index in [0.29, 0.717) is 18.9 Å². The summed E-state index contributed by atoms with van der Waals surface area (Å²) in [5, 5.41) is 5.69. The SMILES string of the molecule is CN(CC(=O)NC[C@@H]1COc2ccccc2O1)CC(=O)NC(C)(C)C. The van der Waals surface area contributed by atoms with E-state index in [-0.39, 0.29) is 36.5 Å². The molecule has 138 valence electrons. The van der Waals surface area contributed by atoms with Crippen molar-refractivity contribution in [2.45, 2.75) is 32.4 Å². The van der Waals surface area contributed by atoms with Crippen molar-refractivity contribution >= 4 is 11.8 Å². The third kappa shape index (κ3) is 6.62. The molecule has 1 aromatic rings. The number of hydrogen-bond donors (Lipinski definition) is 2. The van der Waals surface area contributed by atoms with Crippen LogP contribution in [0.25, 0.3) is 0 Å². The molecular weight excluding hydrogens is 322 g/mol. The number of amides is 2. The van der Waals surface area contributed by atoms with E-state index < -0.39 is 0 Å². The van der Waals surface area contributed by atoms with E-state index in [0.717, 1.165) is 5.75 Å². The Morgan fingerprint density at radius 1 is 1.16 bits per heavy atom. The Kier molecular flexibility index (Phi) is 6.25. The first-order valence-electron chi connectivity index (χ1n) is 8.38. The highest BCUT2D eigenvalue weighted by Gasteiger charge is 2.21. The number of nitrogens with one attached hydrogen (secondary N) is 2. The van der Waals surface area contributed by atoms with Gasteiger partial charge in [0.15, 0.2) is 11.5 Å². The summed E-state index contributed by atoms with van der Waals surface area (Å²) in [6.45, 7) is 6.81. The summed E-state index contributed by atoms with van der Waals surface area (Å²) >= 11 is 0. The Bertz CT molecular complexity index is 613. The summed E-state index contributed by atoms with van der Waals surface area (Å²) in [4.78, 5) is 25.5. The number of fused-ring (bicyclic) bond motifs is 1. The Morgan fingerprint density at radius 2 is 1.80 bits per heavy atom. The molecule has 25 heavy (non-hydrogen) atoms. The van der Waals surface area contributed by atoms with Gasteiger partial charge in [0.25, 0.3) is 0 Å². The van der Waals surface area contributed by atoms with E-state index in [1.54, 1.807) is 11.9 Å². The lowest BCUT2D eigenvalue weighted by molar-refractivity contribution is -0.125. The van der Waals surface area contributed by atoms with Crippen LogP contribution in [-0.2, 0) is 9.59 Å². The molecule has 7 heteroatoms. The number of rotatable bonds is 6. The lowest BCUT2D eigenvalue weighted by Crippen LogP contribution is -2.48. The van der Waals surface area contributed by atoms with Crippen molar-refractivity contribution < 1.29 is 19.1 Å². The molecule has 2 N–H and O–H groups in total. The number of hydrogen-bond acceptors (Lipinski definition) is 5. The quantitative estimate of drug-likeness (QED) is 0.794. The van der Waals surface area contributed by atoms with E-state index in [1.165, 1.54) is 0 Å². The van der Waals surface area contributed by atoms with Gasteiger partial charge >= 0.3 is 0 Å². The van der Waals surface area contributed by atoms with Crippen LogP contribution in [0.5, 0.6) is 11.5 Å². The molecule has 1 aliphatic rings. The minimum absolute atomic E-state index is 0.108. The zero-order valence-corrected chi connectivity index (χ0v) is 15.3. The van der Waals surface area contributed by atoms with Crippen molar-refractivity contribution in [1.29, 1.82) is 0 Å². The lowest BCUT2D eigenvalue weighted by Gasteiger charge is -2.27. The fraction of sp³-hybridized carbons (Fsp3) is 0.556. The average molecular weight is 349 g/mol. The third-order valence-corrected chi connectivity index (χ3v) is 3.44. The number of ether oxygens (including phenoxy) is 2. The maximum absolute atomic E-state index is 12.0. The first-order chi connectivity index (χ1) is 11.7. The number of para-hydroxylation sites is 2. The maximum Gasteiger partial charge on any atom is 0.234 e. The molecule has 2 rings (SSSR count). The van der Waals surface area contributed by atoms with Crippen molar-refractivity contribution in [3.05, 3.63) is 24.3 Å². The summed E-state index contributed by atoms with van der Waals surface area (Å²) in [5.41, 5.74) is -0.283. The van der Waals surface area contributed by atoms with Gasteiger partial charge in [-0.2, -0.15) is 0 Å². The second kappa shape index (κ2) is 8.20. The molecule has 1 aliphatic heterocycles. The standard InChI is InChI=1S/C18H27N3O4/c1-18(2,3)20-17(23)11-21(4)10-16(22)19-9-13-12-24-14-7-5-6-8-15(14)25-13/h5-8,13H,9-12H2,1-4H3,(H,19,22)(H,20,23)/t13-/m1/s1. The minimum Gasteiger partial charge on any atom is -0.486 e. The molecule has 0 radical (unpaired) electrons. The molecule has 7 nitrogen and oxygen atoms in total. The molecule has 1 heterocycles. The molecule has 1 aromatic carbocycles. The lowest BCUT2D eigenvalue weighted by atomic mass is 10.1. The summed E-state index contributed by atoms with van der Waals surface area (Å²) in [7, 11) is 1.73. The number of carbonyl (C=O) groups is 2. The fourth-order valence-electron chi connectivity index (χ4n) is 2.45. The van der Waals surface area contributed by atoms with E-state index >= 15 is 0 Å². The topological polar surface area (TPSA) is 79.9 Å². The smallest absolute Gasteiger partial charge is 0.234 e. The van der Waals surface area contributed by atoms with Gasteiger partial charge in [-0.3, -0.25) is 14.5 Å². The number of carbonyl (C=O) groups excluding carboxylic acids is 2. The number of likely N-dealkylation sites (N-methyl/N-ethyl adjacent to an activating group) is 1. The molecule has 0 fully saturated rings. The van der Waals surface area contributed by atoms with E-state index in [4.69, 9.17) is 9.47 Å². The van der Waals surface area contributed by atoms with Gasteiger partial charge in [0, 0.05) is 5.54 Å². The Hall–Kier alpha value is -2.28. The Morgan fingerprint density at radius 3 is 2.48 bits per heavy atom. The highest BCUT2D eigenvalue weighted by molar-refractivity contribution is 5.81. The van der Waals surface area contributed by atoms with Crippen LogP contribution < -0.4 is 20.1 Å². The van der Waals surface area contributed by atoms with Crippen LogP contribution >= 0.6 is 0 Å². The Labute approximate surface area is 148 Å². The predicted octanol–water partition coefficient (Wildman–Crippen LogP) is 0.789. The zero-order valence-electron chi connectivity index (χ0n) is 15.3. The maximum atomic E-state index is 12.0. The number of benzene rings is 1. The average Bonchev–Trinajstić information content (AvgIpc) is 2.50. The van der Waals surface area contributed by atoms with Gasteiger partial charge in [-0.15, -0.1) is 0 Å².